The summed E-state index contributed by atoms with van der Waals surface area (Å²) in [6, 6.07) is 20.0. The number of allylic oxidation sites excluding steroid dienone is 1. The topological polar surface area (TPSA) is 61.9 Å². The molecule has 1 saturated heterocycles. The summed E-state index contributed by atoms with van der Waals surface area (Å²) >= 11 is 0. The molecule has 2 atom stereocenters. The van der Waals surface area contributed by atoms with E-state index in [0.717, 1.165) is 32.2 Å². The predicted molar refractivity (Wildman–Crippen MR) is 172 cm³/mol. The van der Waals surface area contributed by atoms with Crippen LogP contribution in [0.4, 0.5) is 10.5 Å². The fourth-order valence-corrected chi connectivity index (χ4v) is 6.22. The molecule has 0 radical (unpaired) electrons. The maximum atomic E-state index is 13.9. The Labute approximate surface area is 253 Å². The van der Waals surface area contributed by atoms with E-state index in [1.54, 1.807) is 0 Å². The minimum Gasteiger partial charge on any atom is -0.444 e. The summed E-state index contributed by atoms with van der Waals surface area (Å²) in [5.74, 6) is 0.477. The molecule has 4 rings (SSSR count). The Morgan fingerprint density at radius 1 is 1.00 bits per heavy atom. The number of anilines is 1. The standard InChI is InChI=1S/C36H51N3O3/c1-26(2)19-24-39(30-17-15-29(16-18-30)14-13-28-11-9-8-10-12-28)31-20-22-38(23-21-31)33(40)36(25-32(36)27(3)4)37-34(41)42-35(5,6)7/h8-12,15-19,27,31-32H,13-14,20-25H2,1-7H3,(H,37,41). The number of likely N-dealkylation sites (tertiary alicyclic amines) is 1. The van der Waals surface area contributed by atoms with Crippen molar-refractivity contribution < 1.29 is 14.3 Å². The zero-order valence-corrected chi connectivity index (χ0v) is 26.8. The summed E-state index contributed by atoms with van der Waals surface area (Å²) in [7, 11) is 0. The molecule has 1 N–H and O–H groups in total. The van der Waals surface area contributed by atoms with Crippen LogP contribution in [-0.2, 0) is 22.4 Å². The highest BCUT2D eigenvalue weighted by Crippen LogP contribution is 2.50. The van der Waals surface area contributed by atoms with E-state index in [1.165, 1.54) is 22.4 Å². The van der Waals surface area contributed by atoms with Gasteiger partial charge in [0.2, 0.25) is 5.91 Å². The second-order valence-corrected chi connectivity index (χ2v) is 13.8. The van der Waals surface area contributed by atoms with Crippen molar-refractivity contribution in [2.75, 3.05) is 24.5 Å². The van der Waals surface area contributed by atoms with Gasteiger partial charge in [-0.3, -0.25) is 4.79 Å². The van der Waals surface area contributed by atoms with Crippen molar-refractivity contribution >= 4 is 17.7 Å². The van der Waals surface area contributed by atoms with Crippen molar-refractivity contribution in [1.82, 2.24) is 10.2 Å². The highest BCUT2D eigenvalue weighted by molar-refractivity contribution is 5.93. The molecule has 2 fully saturated rings. The number of carbonyl (C=O) groups excluding carboxylic acids is 2. The Kier molecular flexibility index (Phi) is 10.1. The number of aryl methyl sites for hydroxylation is 2. The first-order valence-corrected chi connectivity index (χ1v) is 15.7. The van der Waals surface area contributed by atoms with Crippen molar-refractivity contribution in [3.63, 3.8) is 0 Å². The maximum absolute atomic E-state index is 13.9. The molecule has 2 amide bonds. The Balaban J connectivity index is 1.41. The minimum atomic E-state index is -0.847. The lowest BCUT2D eigenvalue weighted by molar-refractivity contribution is -0.136. The number of amides is 2. The second-order valence-electron chi connectivity index (χ2n) is 13.8. The van der Waals surface area contributed by atoms with Crippen molar-refractivity contribution in [3.05, 3.63) is 77.4 Å². The molecule has 0 bridgehead atoms. The van der Waals surface area contributed by atoms with Gasteiger partial charge in [-0.2, -0.15) is 0 Å². The van der Waals surface area contributed by atoms with Crippen LogP contribution in [0, 0.1) is 11.8 Å². The second kappa shape index (κ2) is 13.4. The molecule has 1 aliphatic carbocycles. The Morgan fingerprint density at radius 3 is 2.12 bits per heavy atom. The van der Waals surface area contributed by atoms with Gasteiger partial charge in [0.15, 0.2) is 0 Å². The average molecular weight is 574 g/mol. The fraction of sp³-hybridized carbons (Fsp3) is 0.556. The van der Waals surface area contributed by atoms with Crippen LogP contribution in [-0.4, -0.2) is 53.7 Å². The van der Waals surface area contributed by atoms with Crippen molar-refractivity contribution in [1.29, 1.82) is 0 Å². The number of piperidine rings is 1. The largest absolute Gasteiger partial charge is 0.444 e. The summed E-state index contributed by atoms with van der Waals surface area (Å²) in [5.41, 5.74) is 3.78. The highest BCUT2D eigenvalue weighted by Gasteiger charge is 2.63. The predicted octanol–water partition coefficient (Wildman–Crippen LogP) is 7.17. The number of hydrogen-bond acceptors (Lipinski definition) is 4. The van der Waals surface area contributed by atoms with Gasteiger partial charge in [-0.25, -0.2) is 4.79 Å². The van der Waals surface area contributed by atoms with Gasteiger partial charge in [-0.1, -0.05) is 68.0 Å². The normalized spacial score (nSPS) is 20.7. The van der Waals surface area contributed by atoms with Gasteiger partial charge in [0.05, 0.1) is 0 Å². The number of nitrogens with zero attached hydrogens (tertiary/aromatic N) is 2. The number of benzene rings is 2. The van der Waals surface area contributed by atoms with Gasteiger partial charge in [0.1, 0.15) is 11.1 Å². The van der Waals surface area contributed by atoms with Crippen LogP contribution in [0.25, 0.3) is 0 Å². The number of rotatable bonds is 10. The first-order valence-electron chi connectivity index (χ1n) is 15.7. The number of carbonyl (C=O) groups is 2. The van der Waals surface area contributed by atoms with E-state index in [2.05, 4.69) is 98.6 Å². The molecular formula is C36H51N3O3. The Hall–Kier alpha value is -3.28. The van der Waals surface area contributed by atoms with Crippen LogP contribution in [0.15, 0.2) is 66.2 Å². The van der Waals surface area contributed by atoms with Gasteiger partial charge in [0.25, 0.3) is 0 Å². The lowest BCUT2D eigenvalue weighted by atomic mass is 9.98. The third-order valence-corrected chi connectivity index (χ3v) is 8.63. The molecule has 6 heteroatoms. The van der Waals surface area contributed by atoms with E-state index in [-0.39, 0.29) is 11.8 Å². The summed E-state index contributed by atoms with van der Waals surface area (Å²) in [6.45, 7) is 16.3. The summed E-state index contributed by atoms with van der Waals surface area (Å²) in [5, 5.41) is 3.00. The molecule has 6 nitrogen and oxygen atoms in total. The van der Waals surface area contributed by atoms with Gasteiger partial charge in [-0.05, 0) is 102 Å². The average Bonchev–Trinajstić information content (AvgIpc) is 3.67. The van der Waals surface area contributed by atoms with Gasteiger partial charge in [-0.15, -0.1) is 0 Å². The third kappa shape index (κ3) is 8.17. The molecular weight excluding hydrogens is 522 g/mol. The van der Waals surface area contributed by atoms with Crippen molar-refractivity contribution in [3.8, 4) is 0 Å². The van der Waals surface area contributed by atoms with Crippen molar-refractivity contribution in [2.24, 2.45) is 11.8 Å². The van der Waals surface area contributed by atoms with Gasteiger partial charge in [0, 0.05) is 31.4 Å². The van der Waals surface area contributed by atoms with Crippen molar-refractivity contribution in [2.45, 2.75) is 97.8 Å². The fourth-order valence-electron chi connectivity index (χ4n) is 6.22. The Morgan fingerprint density at radius 2 is 1.60 bits per heavy atom. The van der Waals surface area contributed by atoms with E-state index >= 15 is 0 Å². The van der Waals surface area contributed by atoms with E-state index in [4.69, 9.17) is 4.74 Å². The van der Waals surface area contributed by atoms with E-state index in [1.807, 2.05) is 25.7 Å². The monoisotopic (exact) mass is 573 g/mol. The van der Waals surface area contributed by atoms with Crippen LogP contribution in [0.3, 0.4) is 0 Å². The molecule has 2 aromatic rings. The quantitative estimate of drug-likeness (QED) is 0.306. The van der Waals surface area contributed by atoms with Gasteiger partial charge < -0.3 is 19.9 Å². The molecule has 2 unspecified atom stereocenters. The first kappa shape index (κ1) is 31.7. The van der Waals surface area contributed by atoms with E-state index in [0.29, 0.717) is 31.5 Å². The third-order valence-electron chi connectivity index (χ3n) is 8.63. The zero-order chi connectivity index (χ0) is 30.5. The summed E-state index contributed by atoms with van der Waals surface area (Å²) in [6.07, 6.45) is 6.31. The summed E-state index contributed by atoms with van der Waals surface area (Å²) < 4.78 is 5.54. The SMILES string of the molecule is CC(C)=CCN(c1ccc(CCc2ccccc2)cc1)C1CCN(C(=O)C2(NC(=O)OC(C)(C)C)CC2C(C)C)CC1. The minimum absolute atomic E-state index is 0.0455. The molecule has 2 aromatic carbocycles. The van der Waals surface area contributed by atoms with E-state index < -0.39 is 17.2 Å². The molecule has 2 aliphatic rings. The zero-order valence-electron chi connectivity index (χ0n) is 26.8. The number of nitrogens with one attached hydrogen (secondary N) is 1. The molecule has 1 heterocycles. The molecule has 228 valence electrons. The number of ether oxygens (including phenoxy) is 1. The molecule has 1 saturated carbocycles. The molecule has 42 heavy (non-hydrogen) atoms. The molecule has 0 aromatic heterocycles. The lowest BCUT2D eigenvalue weighted by Crippen LogP contribution is -2.56. The molecule has 1 aliphatic heterocycles. The number of hydrogen-bond donors (Lipinski definition) is 1. The first-order chi connectivity index (χ1) is 19.9. The number of alkyl carbamates (subject to hydrolysis) is 1. The Bertz CT molecular complexity index is 1220. The molecule has 0 spiro atoms. The summed E-state index contributed by atoms with van der Waals surface area (Å²) in [4.78, 5) is 31.1. The maximum Gasteiger partial charge on any atom is 0.408 e. The van der Waals surface area contributed by atoms with Gasteiger partial charge >= 0.3 is 6.09 Å². The van der Waals surface area contributed by atoms with Crippen LogP contribution in [0.1, 0.15) is 78.9 Å². The van der Waals surface area contributed by atoms with Crippen LogP contribution in [0.5, 0.6) is 0 Å². The highest BCUT2D eigenvalue weighted by atomic mass is 16.6. The smallest absolute Gasteiger partial charge is 0.408 e. The van der Waals surface area contributed by atoms with Crippen LogP contribution in [0.2, 0.25) is 0 Å². The van der Waals surface area contributed by atoms with Crippen LogP contribution < -0.4 is 10.2 Å². The lowest BCUT2D eigenvalue weighted by Gasteiger charge is -2.41. The van der Waals surface area contributed by atoms with E-state index in [9.17, 15) is 9.59 Å². The van der Waals surface area contributed by atoms with Crippen LogP contribution >= 0.6 is 0 Å².